The molecule has 0 N–H and O–H groups in total. The summed E-state index contributed by atoms with van der Waals surface area (Å²) in [7, 11) is 1.75. The van der Waals surface area contributed by atoms with Crippen molar-refractivity contribution >= 4 is 104 Å². The maximum atomic E-state index is 5.80. The molecule has 0 saturated heterocycles. The Kier molecular flexibility index (Phi) is 8.92. The van der Waals surface area contributed by atoms with Crippen molar-refractivity contribution in [3.63, 3.8) is 0 Å². The summed E-state index contributed by atoms with van der Waals surface area (Å²) in [5.41, 5.74) is 14.1. The molecule has 3 heteroatoms. The second kappa shape index (κ2) is 15.7. The normalized spacial score (nSPS) is 13.2. The van der Waals surface area contributed by atoms with Crippen molar-refractivity contribution in [2.45, 2.75) is 19.3 Å². The third-order valence-corrected chi connectivity index (χ3v) is 16.1. The summed E-state index contributed by atoms with van der Waals surface area (Å²) in [5.74, 6) is 0.857. The molecule has 73 heavy (non-hydrogen) atoms. The fraction of sp³-hybridized carbons (Fsp3) is 0.0571. The van der Waals surface area contributed by atoms with E-state index in [0.29, 0.717) is 0 Å². The molecule has 14 aromatic rings. The number of hydrogen-bond acceptors (Lipinski definition) is 2. The van der Waals surface area contributed by atoms with Gasteiger partial charge in [0.1, 0.15) is 5.75 Å². The maximum Gasteiger partial charge on any atom is 0.119 e. The van der Waals surface area contributed by atoms with E-state index in [1.165, 1.54) is 131 Å². The van der Waals surface area contributed by atoms with Crippen LogP contribution in [0.2, 0.25) is 0 Å². The molecule has 0 unspecified atom stereocenters. The number of methoxy groups -OCH3 is 1. The Balaban J connectivity index is 1.08. The zero-order valence-electron chi connectivity index (χ0n) is 40.8. The van der Waals surface area contributed by atoms with Gasteiger partial charge < -0.3 is 14.2 Å². The Labute approximate surface area is 423 Å². The van der Waals surface area contributed by atoms with Crippen LogP contribution in [0.15, 0.2) is 237 Å². The van der Waals surface area contributed by atoms with Gasteiger partial charge in [0.25, 0.3) is 0 Å². The number of aromatic nitrogens is 1. The lowest BCUT2D eigenvalue weighted by atomic mass is 9.72. The predicted octanol–water partition coefficient (Wildman–Crippen LogP) is 19.2. The Hall–Kier alpha value is -9.18. The van der Waals surface area contributed by atoms with Crippen LogP contribution < -0.4 is 9.64 Å². The number of para-hydroxylation sites is 1. The van der Waals surface area contributed by atoms with Crippen molar-refractivity contribution in [2.24, 2.45) is 0 Å². The van der Waals surface area contributed by atoms with E-state index in [-0.39, 0.29) is 5.41 Å². The topological polar surface area (TPSA) is 17.4 Å². The van der Waals surface area contributed by atoms with Gasteiger partial charge in [0, 0.05) is 27.6 Å². The van der Waals surface area contributed by atoms with Gasteiger partial charge in [0.05, 0.1) is 29.5 Å². The number of benzene rings is 13. The first-order valence-corrected chi connectivity index (χ1v) is 25.4. The van der Waals surface area contributed by atoms with Gasteiger partial charge in [0.2, 0.25) is 0 Å². The Morgan fingerprint density at radius 2 is 0.808 bits per heavy atom. The summed E-state index contributed by atoms with van der Waals surface area (Å²) in [4.78, 5) is 2.57. The molecule has 0 aliphatic carbocycles. The fourth-order valence-electron chi connectivity index (χ4n) is 12.7. The Morgan fingerprint density at radius 1 is 0.329 bits per heavy atom. The van der Waals surface area contributed by atoms with Gasteiger partial charge in [-0.25, -0.2) is 0 Å². The van der Waals surface area contributed by atoms with Crippen LogP contribution in [0.25, 0.3) is 114 Å². The van der Waals surface area contributed by atoms with Crippen molar-refractivity contribution in [3.05, 3.63) is 248 Å². The molecular formula is C70H48N2O. The van der Waals surface area contributed by atoms with E-state index >= 15 is 0 Å². The zero-order chi connectivity index (χ0) is 48.5. The summed E-state index contributed by atoms with van der Waals surface area (Å²) in [6.45, 7) is 4.85. The molecular weight excluding hydrogens is 885 g/mol. The molecule has 0 spiro atoms. The summed E-state index contributed by atoms with van der Waals surface area (Å²) in [5, 5.41) is 17.2. The van der Waals surface area contributed by atoms with Crippen LogP contribution in [0.4, 0.5) is 17.1 Å². The highest BCUT2D eigenvalue weighted by atomic mass is 16.5. The largest absolute Gasteiger partial charge is 0.497 e. The molecule has 0 fully saturated rings. The summed E-state index contributed by atoms with van der Waals surface area (Å²) in [6, 6.07) is 88.1. The SMILES string of the molecule is COc1ccc2c(c1)c1ccccc1c1cc3c4cc5c(cc4n(-c4ccccc4)c3cc21)N(c1ccc2c(-c3ccccc3)c3ccccc3c(-c3ccccc3)c2c1)c1cc2ccccc2cc1C5(C)C. The zero-order valence-corrected chi connectivity index (χ0v) is 40.8. The van der Waals surface area contributed by atoms with Crippen LogP contribution in [0.1, 0.15) is 25.0 Å². The van der Waals surface area contributed by atoms with Crippen molar-refractivity contribution in [2.75, 3.05) is 12.0 Å². The monoisotopic (exact) mass is 932 g/mol. The van der Waals surface area contributed by atoms with Gasteiger partial charge in [0.15, 0.2) is 0 Å². The number of anilines is 3. The number of fused-ring (bicyclic) bond motifs is 14. The van der Waals surface area contributed by atoms with Crippen LogP contribution in [-0.2, 0) is 5.41 Å². The first-order valence-electron chi connectivity index (χ1n) is 25.4. The second-order valence-corrected chi connectivity index (χ2v) is 20.4. The van der Waals surface area contributed by atoms with E-state index in [9.17, 15) is 0 Å². The van der Waals surface area contributed by atoms with E-state index in [1.54, 1.807) is 7.11 Å². The number of ether oxygens (including phenoxy) is 1. The molecule has 0 radical (unpaired) electrons. The lowest BCUT2D eigenvalue weighted by molar-refractivity contribution is 0.415. The number of nitrogens with zero attached hydrogens (tertiary/aromatic N) is 2. The summed E-state index contributed by atoms with van der Waals surface area (Å²) >= 11 is 0. The molecule has 0 bridgehead atoms. The van der Waals surface area contributed by atoms with Crippen molar-refractivity contribution < 1.29 is 4.74 Å². The maximum absolute atomic E-state index is 5.80. The van der Waals surface area contributed by atoms with Gasteiger partial charge in [-0.15, -0.1) is 0 Å². The lowest BCUT2D eigenvalue weighted by Crippen LogP contribution is -2.30. The van der Waals surface area contributed by atoms with Gasteiger partial charge in [-0.3, -0.25) is 0 Å². The van der Waals surface area contributed by atoms with Crippen LogP contribution >= 0.6 is 0 Å². The summed E-state index contributed by atoms with van der Waals surface area (Å²) in [6.07, 6.45) is 0. The molecule has 1 aliphatic heterocycles. The van der Waals surface area contributed by atoms with Crippen molar-refractivity contribution in [1.29, 1.82) is 0 Å². The molecule has 2 heterocycles. The smallest absolute Gasteiger partial charge is 0.119 e. The molecule has 0 atom stereocenters. The van der Waals surface area contributed by atoms with E-state index in [2.05, 4.69) is 260 Å². The molecule has 1 aliphatic rings. The minimum Gasteiger partial charge on any atom is -0.497 e. The third-order valence-electron chi connectivity index (χ3n) is 16.1. The average Bonchev–Trinajstić information content (AvgIpc) is 3.76. The fourth-order valence-corrected chi connectivity index (χ4v) is 12.7. The molecule has 1 aromatic heterocycles. The second-order valence-electron chi connectivity index (χ2n) is 20.4. The van der Waals surface area contributed by atoms with Gasteiger partial charge >= 0.3 is 0 Å². The van der Waals surface area contributed by atoms with Crippen LogP contribution in [0, 0.1) is 0 Å². The number of hydrogen-bond donors (Lipinski definition) is 0. The molecule has 0 saturated carbocycles. The van der Waals surface area contributed by atoms with Crippen LogP contribution in [-0.4, -0.2) is 11.7 Å². The highest BCUT2D eigenvalue weighted by Gasteiger charge is 2.39. The van der Waals surface area contributed by atoms with E-state index in [1.807, 2.05) is 0 Å². The standard InChI is InChI=1S/C70H48N2O/c1-70(2)62-35-45-23-13-14-24-46(45)36-66(62)72(48-31-33-55-61(37-48)69(44-21-9-5-10-22-44)54-30-18-17-29-53(54)68(55)43-19-7-4-8-20-43)67-42-65-60(40-63(67)70)59-39-57-51-28-16-15-27-50(51)56-38-49(73-3)32-34-52(56)58(57)41-64(59)71(65)47-25-11-6-12-26-47/h4-42H,1-3H3. The number of rotatable bonds is 5. The first-order chi connectivity index (χ1) is 35.9. The Bertz CT molecular complexity index is 4610. The highest BCUT2D eigenvalue weighted by Crippen LogP contribution is 2.56. The highest BCUT2D eigenvalue weighted by molar-refractivity contribution is 6.29. The first kappa shape index (κ1) is 41.6. The third kappa shape index (κ3) is 6.06. The van der Waals surface area contributed by atoms with E-state index in [4.69, 9.17) is 4.74 Å². The van der Waals surface area contributed by atoms with Crippen molar-refractivity contribution in [1.82, 2.24) is 4.57 Å². The van der Waals surface area contributed by atoms with Crippen molar-refractivity contribution in [3.8, 4) is 33.7 Å². The molecule has 15 rings (SSSR count). The summed E-state index contributed by atoms with van der Waals surface area (Å²) < 4.78 is 8.30. The van der Waals surface area contributed by atoms with Gasteiger partial charge in [-0.2, -0.15) is 0 Å². The Morgan fingerprint density at radius 3 is 1.48 bits per heavy atom. The molecule has 344 valence electrons. The predicted molar refractivity (Wildman–Crippen MR) is 310 cm³/mol. The van der Waals surface area contributed by atoms with Crippen LogP contribution in [0.3, 0.4) is 0 Å². The quantitative estimate of drug-likeness (QED) is 0.126. The minimum atomic E-state index is -0.359. The minimum absolute atomic E-state index is 0.359. The molecule has 3 nitrogen and oxygen atoms in total. The average molecular weight is 933 g/mol. The van der Waals surface area contributed by atoms with E-state index in [0.717, 1.165) is 17.1 Å². The van der Waals surface area contributed by atoms with Gasteiger partial charge in [-0.1, -0.05) is 178 Å². The lowest BCUT2D eigenvalue weighted by Gasteiger charge is -2.42. The molecule has 0 amide bonds. The molecule has 13 aromatic carbocycles. The van der Waals surface area contributed by atoms with E-state index < -0.39 is 0 Å². The van der Waals surface area contributed by atoms with Gasteiger partial charge in [-0.05, 0) is 171 Å². The van der Waals surface area contributed by atoms with Crippen LogP contribution in [0.5, 0.6) is 5.75 Å².